The van der Waals surface area contributed by atoms with Crippen molar-refractivity contribution in [1.82, 2.24) is 14.0 Å². The van der Waals surface area contributed by atoms with Crippen LogP contribution in [0.3, 0.4) is 0 Å². The minimum Gasteiger partial charge on any atom is -0.480 e. The van der Waals surface area contributed by atoms with Gasteiger partial charge in [0.05, 0.1) is 4.53 Å². The summed E-state index contributed by atoms with van der Waals surface area (Å²) in [5.41, 5.74) is 2.64. The van der Waals surface area contributed by atoms with Crippen LogP contribution in [-0.4, -0.2) is 41.9 Å². The smallest absolute Gasteiger partial charge is 0.323 e. The number of fused-ring (bicyclic) bond motifs is 3. The van der Waals surface area contributed by atoms with E-state index >= 15 is 0 Å². The van der Waals surface area contributed by atoms with Gasteiger partial charge in [-0.2, -0.15) is 0 Å². The number of amides is 1. The molecule has 1 amide bonds. The van der Waals surface area contributed by atoms with Gasteiger partial charge >= 0.3 is 5.97 Å². The first-order valence-electron chi connectivity index (χ1n) is 11.1. The Balaban J connectivity index is 1.74. The zero-order chi connectivity index (χ0) is 24.9. The Labute approximate surface area is 213 Å². The third-order valence-corrected chi connectivity index (χ3v) is 8.67. The molecule has 1 aliphatic rings. The molecule has 1 fully saturated rings. The summed E-state index contributed by atoms with van der Waals surface area (Å²) in [6.45, 7) is 4.64. The second kappa shape index (κ2) is 9.10. The summed E-state index contributed by atoms with van der Waals surface area (Å²) >= 11 is 7.52. The summed E-state index contributed by atoms with van der Waals surface area (Å²) < 4.78 is 4.49. The highest BCUT2D eigenvalue weighted by molar-refractivity contribution is 8.30. The molecule has 3 heterocycles. The third-order valence-electron chi connectivity index (χ3n) is 5.97. The van der Waals surface area contributed by atoms with E-state index in [0.717, 1.165) is 61.6 Å². The topological polar surface area (TPSA) is 84.5 Å². The zero-order valence-electron chi connectivity index (χ0n) is 19.0. The number of nitrogens with zero attached hydrogens (tertiary/aromatic N) is 3. The largest absolute Gasteiger partial charge is 0.480 e. The van der Waals surface area contributed by atoms with Crippen LogP contribution in [0.2, 0.25) is 0 Å². The first-order valence-corrected chi connectivity index (χ1v) is 13.1. The maximum Gasteiger partial charge on any atom is 0.323 e. The molecule has 1 saturated heterocycles. The van der Waals surface area contributed by atoms with E-state index in [2.05, 4.69) is 23.6 Å². The van der Waals surface area contributed by atoms with Crippen LogP contribution < -0.4 is 14.8 Å². The van der Waals surface area contributed by atoms with Crippen molar-refractivity contribution in [2.24, 2.45) is 0 Å². The standard InChI is InChI=1S/C25H21N3O4S3/c1-3-26-17-8-6-5-7-15(17)16-11-14(9-10-18(16)26)12-19-22(31)28(13-20(29)30)24(34-19)21-23(32)27(4-2)25(33)35-21/h5-12H,3-4,13H2,1-2H3,(H,29,30)/b19-12+,24-21+. The Hall–Kier alpha value is -3.21. The molecule has 1 N–H and O–H groups in total. The van der Waals surface area contributed by atoms with E-state index in [1.165, 1.54) is 4.90 Å². The number of para-hydroxylation sites is 1. The molecule has 0 bridgehead atoms. The average molecular weight is 524 g/mol. The lowest BCUT2D eigenvalue weighted by molar-refractivity contribution is -0.137. The monoisotopic (exact) mass is 523 g/mol. The number of aliphatic carboxylic acids is 1. The van der Waals surface area contributed by atoms with Gasteiger partial charge in [-0.05, 0) is 43.7 Å². The lowest BCUT2D eigenvalue weighted by atomic mass is 10.1. The molecule has 7 nitrogen and oxygen atoms in total. The predicted octanol–water partition coefficient (Wildman–Crippen LogP) is 2.94. The number of aromatic nitrogens is 2. The molecule has 5 rings (SSSR count). The van der Waals surface area contributed by atoms with Crippen molar-refractivity contribution in [3.8, 4) is 0 Å². The van der Waals surface area contributed by atoms with Gasteiger partial charge in [-0.3, -0.25) is 23.9 Å². The zero-order valence-corrected chi connectivity index (χ0v) is 21.4. The molecule has 0 radical (unpaired) electrons. The molecule has 35 heavy (non-hydrogen) atoms. The van der Waals surface area contributed by atoms with E-state index in [-0.39, 0.29) is 5.91 Å². The Morgan fingerprint density at radius 2 is 1.77 bits per heavy atom. The first-order chi connectivity index (χ1) is 16.8. The minimum absolute atomic E-state index is 0.293. The number of aryl methyl sites for hydroxylation is 1. The van der Waals surface area contributed by atoms with Gasteiger partial charge in [0.2, 0.25) is 0 Å². The molecule has 0 aliphatic carbocycles. The second-order valence-corrected chi connectivity index (χ2v) is 10.7. The predicted molar refractivity (Wildman–Crippen MR) is 145 cm³/mol. The summed E-state index contributed by atoms with van der Waals surface area (Å²) in [6.07, 6.45) is 1.76. The van der Waals surface area contributed by atoms with Crippen molar-refractivity contribution in [2.45, 2.75) is 26.9 Å². The number of thiazole rings is 1. The Morgan fingerprint density at radius 1 is 1.03 bits per heavy atom. The summed E-state index contributed by atoms with van der Waals surface area (Å²) in [7, 11) is 0. The minimum atomic E-state index is -1.16. The molecular formula is C25H21N3O4S3. The number of hydrogen-bond donors (Lipinski definition) is 1. The number of rotatable bonds is 5. The number of thioether (sulfide) groups is 1. The van der Waals surface area contributed by atoms with Crippen LogP contribution in [0.25, 0.3) is 32.8 Å². The van der Waals surface area contributed by atoms with Gasteiger partial charge in [-0.25, -0.2) is 0 Å². The Kier molecular flexibility index (Phi) is 6.12. The second-order valence-electron chi connectivity index (χ2n) is 7.99. The number of thiocarbonyl (C=S) groups is 1. The Morgan fingerprint density at radius 3 is 2.46 bits per heavy atom. The number of carbonyl (C=O) groups is 2. The van der Waals surface area contributed by atoms with Gasteiger partial charge in [0.1, 0.15) is 20.4 Å². The van der Waals surface area contributed by atoms with E-state index < -0.39 is 18.1 Å². The van der Waals surface area contributed by atoms with E-state index in [0.29, 0.717) is 25.0 Å². The molecule has 178 valence electrons. The van der Waals surface area contributed by atoms with Crippen LogP contribution in [-0.2, 0) is 22.7 Å². The third kappa shape index (κ3) is 3.91. The van der Waals surface area contributed by atoms with Crippen molar-refractivity contribution in [3.05, 3.63) is 67.6 Å². The molecule has 2 aromatic heterocycles. The maximum atomic E-state index is 13.2. The van der Waals surface area contributed by atoms with Crippen molar-refractivity contribution < 1.29 is 14.7 Å². The van der Waals surface area contributed by atoms with Gasteiger partial charge in [0, 0.05) is 34.9 Å². The summed E-state index contributed by atoms with van der Waals surface area (Å²) in [5, 5.41) is 11.6. The van der Waals surface area contributed by atoms with Crippen LogP contribution in [0.1, 0.15) is 19.4 Å². The van der Waals surface area contributed by atoms with Gasteiger partial charge < -0.3 is 9.67 Å². The van der Waals surface area contributed by atoms with Crippen LogP contribution >= 0.6 is 35.3 Å². The fraction of sp³-hybridized carbons (Fsp3) is 0.200. The molecule has 0 atom stereocenters. The summed E-state index contributed by atoms with van der Waals surface area (Å²) in [6, 6.07) is 14.2. The molecule has 0 saturated carbocycles. The maximum absolute atomic E-state index is 13.2. The summed E-state index contributed by atoms with van der Waals surface area (Å²) in [5.74, 6) is -1.46. The highest BCUT2D eigenvalue weighted by Crippen LogP contribution is 2.31. The normalized spacial score (nSPS) is 16.3. The molecule has 10 heteroatoms. The number of benzene rings is 2. The van der Waals surface area contributed by atoms with Crippen molar-refractivity contribution in [3.63, 3.8) is 0 Å². The fourth-order valence-electron chi connectivity index (χ4n) is 4.42. The highest BCUT2D eigenvalue weighted by Gasteiger charge is 2.33. The molecule has 1 aliphatic heterocycles. The lowest BCUT2D eigenvalue weighted by Crippen LogP contribution is -2.35. The van der Waals surface area contributed by atoms with Crippen LogP contribution in [0.15, 0.2) is 47.3 Å². The SMILES string of the molecule is CCN1C(=O)/C(=c2\s/c(=C/c3ccc4c(c3)c3ccccc3n4CC)c(=O)n2CC(=O)O)SC1=S. The van der Waals surface area contributed by atoms with E-state index in [1.807, 2.05) is 37.3 Å². The van der Waals surface area contributed by atoms with E-state index in [4.69, 9.17) is 12.2 Å². The first kappa shape index (κ1) is 23.5. The molecule has 4 aromatic rings. The quantitative estimate of drug-likeness (QED) is 0.405. The number of hydrogen-bond acceptors (Lipinski definition) is 6. The average Bonchev–Trinajstić information content (AvgIpc) is 3.42. The number of carboxylic acids is 1. The number of carboxylic acid groups (broad SMARTS) is 1. The van der Waals surface area contributed by atoms with E-state index in [9.17, 15) is 19.5 Å². The van der Waals surface area contributed by atoms with E-state index in [1.54, 1.807) is 6.08 Å². The molecule has 0 spiro atoms. The lowest BCUT2D eigenvalue weighted by Gasteiger charge is -2.09. The van der Waals surface area contributed by atoms with Gasteiger partial charge in [-0.1, -0.05) is 48.2 Å². The van der Waals surface area contributed by atoms with Gasteiger partial charge in [0.15, 0.2) is 0 Å². The molecule has 0 unspecified atom stereocenters. The van der Waals surface area contributed by atoms with Gasteiger partial charge in [-0.15, -0.1) is 11.3 Å². The Bertz CT molecular complexity index is 1730. The number of carbonyl (C=O) groups excluding carboxylic acids is 1. The highest BCUT2D eigenvalue weighted by atomic mass is 32.2. The van der Waals surface area contributed by atoms with Crippen molar-refractivity contribution >= 4 is 84.3 Å². The van der Waals surface area contributed by atoms with Crippen LogP contribution in [0.5, 0.6) is 0 Å². The molecule has 2 aromatic carbocycles. The fourth-order valence-corrected chi connectivity index (χ4v) is 7.06. The van der Waals surface area contributed by atoms with Crippen molar-refractivity contribution in [1.29, 1.82) is 0 Å². The summed E-state index contributed by atoms with van der Waals surface area (Å²) in [4.78, 5) is 39.4. The van der Waals surface area contributed by atoms with Crippen LogP contribution in [0.4, 0.5) is 0 Å². The van der Waals surface area contributed by atoms with Crippen LogP contribution in [0, 0.1) is 0 Å². The molecular weight excluding hydrogens is 502 g/mol. The van der Waals surface area contributed by atoms with Crippen molar-refractivity contribution in [2.75, 3.05) is 6.54 Å². The van der Waals surface area contributed by atoms with Gasteiger partial charge in [0.25, 0.3) is 11.5 Å².